The maximum absolute atomic E-state index is 11.5. The van der Waals surface area contributed by atoms with Gasteiger partial charge in [-0.3, -0.25) is 0 Å². The zero-order chi connectivity index (χ0) is 12.6. The summed E-state index contributed by atoms with van der Waals surface area (Å²) in [5.74, 6) is 0.0179. The largest absolute Gasteiger partial charge is 0.378 e. The van der Waals surface area contributed by atoms with Gasteiger partial charge in [0.2, 0.25) is 10.0 Å². The summed E-state index contributed by atoms with van der Waals surface area (Å²) in [7, 11) is -3.21. The Labute approximate surface area is 99.0 Å². The third-order valence-corrected chi connectivity index (χ3v) is 3.28. The molecular formula is C10H24N2O3S. The van der Waals surface area contributed by atoms with Crippen LogP contribution in [0.5, 0.6) is 0 Å². The molecule has 0 fully saturated rings. The van der Waals surface area contributed by atoms with Gasteiger partial charge in [0, 0.05) is 12.6 Å². The molecule has 0 radical (unpaired) electrons. The lowest BCUT2D eigenvalue weighted by atomic mass is 10.3. The topological polar surface area (TPSA) is 67.4 Å². The van der Waals surface area contributed by atoms with Crippen LogP contribution in [0.2, 0.25) is 0 Å². The minimum absolute atomic E-state index is 0.0179. The van der Waals surface area contributed by atoms with E-state index in [1.807, 2.05) is 27.7 Å². The molecule has 1 atom stereocenters. The molecule has 0 aromatic heterocycles. The van der Waals surface area contributed by atoms with E-state index in [9.17, 15) is 8.42 Å². The summed E-state index contributed by atoms with van der Waals surface area (Å²) in [5, 5.41) is 3.13. The Bertz CT molecular complexity index is 265. The molecule has 2 N–H and O–H groups in total. The predicted octanol–water partition coefficient (Wildman–Crippen LogP) is 0.329. The fourth-order valence-corrected chi connectivity index (χ4v) is 2.10. The van der Waals surface area contributed by atoms with Crippen molar-refractivity contribution in [2.45, 2.75) is 39.8 Å². The smallest absolute Gasteiger partial charge is 0.213 e. The quantitative estimate of drug-likeness (QED) is 0.620. The summed E-state index contributed by atoms with van der Waals surface area (Å²) >= 11 is 0. The van der Waals surface area contributed by atoms with Crippen molar-refractivity contribution in [1.29, 1.82) is 0 Å². The van der Waals surface area contributed by atoms with E-state index in [0.29, 0.717) is 6.54 Å². The van der Waals surface area contributed by atoms with E-state index in [-0.39, 0.29) is 24.5 Å². The highest BCUT2D eigenvalue weighted by Gasteiger charge is 2.11. The second kappa shape index (κ2) is 8.00. The van der Waals surface area contributed by atoms with Crippen LogP contribution in [-0.4, -0.2) is 46.0 Å². The van der Waals surface area contributed by atoms with Gasteiger partial charge in [0.25, 0.3) is 0 Å². The van der Waals surface area contributed by atoms with E-state index < -0.39 is 10.0 Å². The minimum Gasteiger partial charge on any atom is -0.378 e. The Kier molecular flexibility index (Phi) is 7.91. The Hall–Kier alpha value is -0.170. The van der Waals surface area contributed by atoms with Gasteiger partial charge in [-0.15, -0.1) is 0 Å². The third kappa shape index (κ3) is 9.08. The molecule has 98 valence electrons. The van der Waals surface area contributed by atoms with Crippen molar-refractivity contribution in [3.05, 3.63) is 0 Å². The molecule has 0 aliphatic heterocycles. The molecular weight excluding hydrogens is 228 g/mol. The van der Waals surface area contributed by atoms with Gasteiger partial charge in [-0.25, -0.2) is 13.1 Å². The van der Waals surface area contributed by atoms with Crippen LogP contribution in [0, 0.1) is 0 Å². The summed E-state index contributed by atoms with van der Waals surface area (Å²) in [6.07, 6.45) is 0.0656. The van der Waals surface area contributed by atoms with Gasteiger partial charge < -0.3 is 10.1 Å². The average molecular weight is 252 g/mol. The van der Waals surface area contributed by atoms with Crippen molar-refractivity contribution in [2.75, 3.05) is 25.4 Å². The molecule has 0 saturated heterocycles. The minimum atomic E-state index is -3.21. The number of sulfonamides is 1. The van der Waals surface area contributed by atoms with Crippen molar-refractivity contribution in [1.82, 2.24) is 10.0 Å². The molecule has 0 heterocycles. The lowest BCUT2D eigenvalue weighted by Gasteiger charge is -2.14. The van der Waals surface area contributed by atoms with Gasteiger partial charge in [-0.2, -0.15) is 0 Å². The molecule has 0 aromatic carbocycles. The first-order chi connectivity index (χ1) is 7.37. The van der Waals surface area contributed by atoms with Crippen LogP contribution in [0.3, 0.4) is 0 Å². The van der Waals surface area contributed by atoms with Gasteiger partial charge in [0.05, 0.1) is 18.5 Å². The number of ether oxygens (including phenoxy) is 1. The van der Waals surface area contributed by atoms with Crippen LogP contribution in [0.25, 0.3) is 0 Å². The number of rotatable bonds is 9. The molecule has 16 heavy (non-hydrogen) atoms. The standard InChI is InChI=1S/C10H24N2O3S/c1-5-11-10(4)8-12-16(13,14)7-6-15-9(2)3/h9-12H,5-8H2,1-4H3/t10-/m1/s1. The molecule has 0 bridgehead atoms. The fourth-order valence-electron chi connectivity index (χ4n) is 1.14. The van der Waals surface area contributed by atoms with E-state index >= 15 is 0 Å². The SMILES string of the molecule is CCN[C@H](C)CNS(=O)(=O)CCOC(C)C. The second-order valence-electron chi connectivity index (χ2n) is 4.05. The zero-order valence-electron chi connectivity index (χ0n) is 10.6. The van der Waals surface area contributed by atoms with Crippen molar-refractivity contribution in [3.63, 3.8) is 0 Å². The van der Waals surface area contributed by atoms with Crippen LogP contribution in [0.1, 0.15) is 27.7 Å². The molecule has 0 amide bonds. The molecule has 0 aliphatic rings. The molecule has 0 spiro atoms. The summed E-state index contributed by atoms with van der Waals surface area (Å²) in [6, 6.07) is 0.144. The van der Waals surface area contributed by atoms with E-state index in [0.717, 1.165) is 6.54 Å². The summed E-state index contributed by atoms with van der Waals surface area (Å²) in [5.41, 5.74) is 0. The zero-order valence-corrected chi connectivity index (χ0v) is 11.4. The molecule has 0 rings (SSSR count). The highest BCUT2D eigenvalue weighted by Crippen LogP contribution is 1.91. The fraction of sp³-hybridized carbons (Fsp3) is 1.00. The number of likely N-dealkylation sites (N-methyl/N-ethyl adjacent to an activating group) is 1. The van der Waals surface area contributed by atoms with Crippen LogP contribution in [0.15, 0.2) is 0 Å². The molecule has 5 nitrogen and oxygen atoms in total. The highest BCUT2D eigenvalue weighted by atomic mass is 32.2. The van der Waals surface area contributed by atoms with Crippen LogP contribution >= 0.6 is 0 Å². The summed E-state index contributed by atoms with van der Waals surface area (Å²) < 4.78 is 30.7. The van der Waals surface area contributed by atoms with Gasteiger partial charge in [-0.1, -0.05) is 6.92 Å². The van der Waals surface area contributed by atoms with Gasteiger partial charge in [-0.05, 0) is 27.3 Å². The van der Waals surface area contributed by atoms with Gasteiger partial charge in [0.1, 0.15) is 0 Å². The Morgan fingerprint density at radius 3 is 2.38 bits per heavy atom. The van der Waals surface area contributed by atoms with E-state index in [2.05, 4.69) is 10.0 Å². The normalized spacial score (nSPS) is 14.3. The van der Waals surface area contributed by atoms with E-state index in [4.69, 9.17) is 4.74 Å². The lowest BCUT2D eigenvalue weighted by Crippen LogP contribution is -2.40. The Morgan fingerprint density at radius 1 is 1.25 bits per heavy atom. The molecule has 0 aliphatic carbocycles. The number of hydrogen-bond acceptors (Lipinski definition) is 4. The monoisotopic (exact) mass is 252 g/mol. The Morgan fingerprint density at radius 2 is 1.88 bits per heavy atom. The van der Waals surface area contributed by atoms with Gasteiger partial charge >= 0.3 is 0 Å². The van der Waals surface area contributed by atoms with Crippen molar-refractivity contribution >= 4 is 10.0 Å². The molecule has 0 unspecified atom stereocenters. The van der Waals surface area contributed by atoms with Crippen molar-refractivity contribution in [3.8, 4) is 0 Å². The number of nitrogens with one attached hydrogen (secondary N) is 2. The summed E-state index contributed by atoms with van der Waals surface area (Å²) in [4.78, 5) is 0. The van der Waals surface area contributed by atoms with Crippen molar-refractivity contribution < 1.29 is 13.2 Å². The van der Waals surface area contributed by atoms with Crippen LogP contribution < -0.4 is 10.0 Å². The summed E-state index contributed by atoms with van der Waals surface area (Å²) in [6.45, 7) is 9.18. The highest BCUT2D eigenvalue weighted by molar-refractivity contribution is 7.89. The second-order valence-corrected chi connectivity index (χ2v) is 5.97. The van der Waals surface area contributed by atoms with E-state index in [1.165, 1.54) is 0 Å². The maximum Gasteiger partial charge on any atom is 0.213 e. The number of hydrogen-bond donors (Lipinski definition) is 2. The Balaban J connectivity index is 3.78. The van der Waals surface area contributed by atoms with Crippen LogP contribution in [-0.2, 0) is 14.8 Å². The van der Waals surface area contributed by atoms with Crippen molar-refractivity contribution in [2.24, 2.45) is 0 Å². The van der Waals surface area contributed by atoms with E-state index in [1.54, 1.807) is 0 Å². The first kappa shape index (κ1) is 15.8. The third-order valence-electron chi connectivity index (χ3n) is 1.97. The predicted molar refractivity (Wildman–Crippen MR) is 66.0 cm³/mol. The first-order valence-corrected chi connectivity index (χ1v) is 7.35. The molecule has 6 heteroatoms. The van der Waals surface area contributed by atoms with Gasteiger partial charge in [0.15, 0.2) is 0 Å². The molecule has 0 saturated carbocycles. The first-order valence-electron chi connectivity index (χ1n) is 5.69. The molecule has 0 aromatic rings. The van der Waals surface area contributed by atoms with Crippen LogP contribution in [0.4, 0.5) is 0 Å². The lowest BCUT2D eigenvalue weighted by molar-refractivity contribution is 0.0911. The average Bonchev–Trinajstić information content (AvgIpc) is 2.14. The maximum atomic E-state index is 11.5.